The van der Waals surface area contributed by atoms with Crippen LogP contribution in [0.25, 0.3) is 22.0 Å². The highest BCUT2D eigenvalue weighted by molar-refractivity contribution is 5.95. The fourth-order valence-corrected chi connectivity index (χ4v) is 3.35. The topological polar surface area (TPSA) is 128 Å². The molecule has 0 saturated carbocycles. The number of fused-ring (bicyclic) bond motifs is 1. The van der Waals surface area contributed by atoms with E-state index in [1.807, 2.05) is 0 Å². The number of hydrogen-bond donors (Lipinski definition) is 2. The summed E-state index contributed by atoms with van der Waals surface area (Å²) < 4.78 is 47.5. The number of hydrogen-bond acceptors (Lipinski definition) is 7. The van der Waals surface area contributed by atoms with Crippen molar-refractivity contribution in [3.63, 3.8) is 0 Å². The molecule has 0 spiro atoms. The van der Waals surface area contributed by atoms with Crippen LogP contribution >= 0.6 is 0 Å². The van der Waals surface area contributed by atoms with Crippen molar-refractivity contribution in [2.24, 2.45) is 5.73 Å². The smallest absolute Gasteiger partial charge is 0.438 e. The first-order chi connectivity index (χ1) is 15.2. The molecule has 4 rings (SSSR count). The zero-order chi connectivity index (χ0) is 23.0. The van der Waals surface area contributed by atoms with Gasteiger partial charge in [0.2, 0.25) is 6.23 Å². The van der Waals surface area contributed by atoms with Crippen molar-refractivity contribution in [2.75, 3.05) is 11.4 Å². The Morgan fingerprint density at radius 1 is 1.12 bits per heavy atom. The van der Waals surface area contributed by atoms with Crippen LogP contribution in [-0.2, 0) is 14.3 Å². The molecule has 0 bridgehead atoms. The summed E-state index contributed by atoms with van der Waals surface area (Å²) in [7, 11) is 0. The number of halogens is 3. The number of aromatic amines is 1. The lowest BCUT2D eigenvalue weighted by Crippen LogP contribution is -2.45. The van der Waals surface area contributed by atoms with Crippen LogP contribution in [0.5, 0.6) is 0 Å². The average Bonchev–Trinajstić information content (AvgIpc) is 3.08. The van der Waals surface area contributed by atoms with E-state index in [1.165, 1.54) is 12.1 Å². The van der Waals surface area contributed by atoms with Gasteiger partial charge >= 0.3 is 18.2 Å². The normalized spacial score (nSPS) is 18.6. The van der Waals surface area contributed by atoms with Gasteiger partial charge < -0.3 is 15.2 Å². The molecule has 0 aliphatic carbocycles. The fraction of sp³-hybridized carbons (Fsp3) is 0.200. The lowest BCUT2D eigenvalue weighted by Gasteiger charge is -2.24. The highest BCUT2D eigenvalue weighted by Gasteiger charge is 2.50. The molecule has 32 heavy (non-hydrogen) atoms. The van der Waals surface area contributed by atoms with Crippen LogP contribution in [0, 0.1) is 0 Å². The zero-order valence-corrected chi connectivity index (χ0v) is 16.1. The van der Waals surface area contributed by atoms with Gasteiger partial charge in [-0.2, -0.15) is 18.3 Å². The number of rotatable bonds is 4. The molecule has 2 heterocycles. The van der Waals surface area contributed by atoms with Crippen LogP contribution in [0.4, 0.5) is 23.7 Å². The third-order valence-corrected chi connectivity index (χ3v) is 4.83. The minimum Gasteiger partial charge on any atom is -0.438 e. The van der Waals surface area contributed by atoms with Gasteiger partial charge in [-0.05, 0) is 18.2 Å². The van der Waals surface area contributed by atoms with Gasteiger partial charge in [-0.25, -0.2) is 19.6 Å². The maximum Gasteiger partial charge on any atom is 0.491 e. The molecule has 2 aromatic carbocycles. The molecule has 3 aromatic rings. The molecule has 2 unspecified atom stereocenters. The monoisotopic (exact) mass is 448 g/mol. The standard InChI is InChI=1S/C20H15F3N4O5/c21-20(22,23)18(29)32-17-14(9-24)31-19(30)27(17)11-7-5-10(6-8-11)15-12-3-1-2-4-13(12)16(28)26-25-15/h1-8,14,17H,9,24H2,(H,26,28). The Hall–Kier alpha value is -3.93. The Balaban J connectivity index is 1.69. The number of anilines is 1. The maximum atomic E-state index is 12.7. The lowest BCUT2D eigenvalue weighted by molar-refractivity contribution is -0.206. The SMILES string of the molecule is NCC1OC(=O)N(c2ccc(-c3n[nH]c(=O)c4ccccc34)cc2)C1OC(=O)C(F)(F)F. The van der Waals surface area contributed by atoms with E-state index in [9.17, 15) is 27.6 Å². The summed E-state index contributed by atoms with van der Waals surface area (Å²) in [4.78, 5) is 36.4. The number of nitrogens with zero attached hydrogens (tertiary/aromatic N) is 2. The van der Waals surface area contributed by atoms with E-state index in [-0.39, 0.29) is 17.8 Å². The van der Waals surface area contributed by atoms with Crippen LogP contribution < -0.4 is 16.2 Å². The number of nitrogens with one attached hydrogen (secondary N) is 1. The maximum absolute atomic E-state index is 12.7. The van der Waals surface area contributed by atoms with Crippen molar-refractivity contribution in [1.82, 2.24) is 10.2 Å². The van der Waals surface area contributed by atoms with Crippen molar-refractivity contribution in [1.29, 1.82) is 0 Å². The first-order valence-electron chi connectivity index (χ1n) is 9.26. The third-order valence-electron chi connectivity index (χ3n) is 4.83. The van der Waals surface area contributed by atoms with Gasteiger partial charge in [0.15, 0.2) is 6.10 Å². The summed E-state index contributed by atoms with van der Waals surface area (Å²) in [5, 5.41) is 7.49. The van der Waals surface area contributed by atoms with Crippen LogP contribution in [0.15, 0.2) is 53.3 Å². The second-order valence-corrected chi connectivity index (χ2v) is 6.82. The third kappa shape index (κ3) is 3.75. The lowest BCUT2D eigenvalue weighted by atomic mass is 10.0. The molecular formula is C20H15F3N4O5. The molecule has 3 N–H and O–H groups in total. The number of carbonyl (C=O) groups is 2. The van der Waals surface area contributed by atoms with Crippen molar-refractivity contribution in [3.05, 3.63) is 58.9 Å². The van der Waals surface area contributed by atoms with Crippen LogP contribution in [0.1, 0.15) is 0 Å². The zero-order valence-electron chi connectivity index (χ0n) is 16.1. The van der Waals surface area contributed by atoms with E-state index in [1.54, 1.807) is 36.4 Å². The van der Waals surface area contributed by atoms with Crippen molar-refractivity contribution < 1.29 is 32.2 Å². The summed E-state index contributed by atoms with van der Waals surface area (Å²) in [5.74, 6) is -2.47. The second kappa shape index (κ2) is 7.96. The van der Waals surface area contributed by atoms with Crippen molar-refractivity contribution in [3.8, 4) is 11.3 Å². The number of cyclic esters (lactones) is 1. The number of nitrogens with two attached hydrogens (primary N) is 1. The highest BCUT2D eigenvalue weighted by Crippen LogP contribution is 2.32. The van der Waals surface area contributed by atoms with Crippen molar-refractivity contribution in [2.45, 2.75) is 18.5 Å². The molecule has 2 atom stereocenters. The molecular weight excluding hydrogens is 433 g/mol. The molecule has 9 nitrogen and oxygen atoms in total. The van der Waals surface area contributed by atoms with Gasteiger partial charge in [0.1, 0.15) is 0 Å². The number of ether oxygens (including phenoxy) is 2. The number of aromatic nitrogens is 2. The van der Waals surface area contributed by atoms with Crippen LogP contribution in [0.2, 0.25) is 0 Å². The molecule has 1 aromatic heterocycles. The highest BCUT2D eigenvalue weighted by atomic mass is 19.4. The Bertz CT molecular complexity index is 1240. The number of amides is 1. The summed E-state index contributed by atoms with van der Waals surface area (Å²) in [5.41, 5.74) is 6.24. The number of esters is 1. The second-order valence-electron chi connectivity index (χ2n) is 6.82. The van der Waals surface area contributed by atoms with E-state index in [2.05, 4.69) is 14.9 Å². The van der Waals surface area contributed by atoms with Crippen LogP contribution in [0.3, 0.4) is 0 Å². The Morgan fingerprint density at radius 3 is 2.41 bits per heavy atom. The number of H-pyrrole nitrogens is 1. The van der Waals surface area contributed by atoms with Gasteiger partial charge in [0.05, 0.1) is 16.8 Å². The minimum absolute atomic E-state index is 0.114. The first kappa shape index (κ1) is 21.3. The van der Waals surface area contributed by atoms with Gasteiger partial charge in [0, 0.05) is 17.5 Å². The van der Waals surface area contributed by atoms with E-state index in [4.69, 9.17) is 10.5 Å². The van der Waals surface area contributed by atoms with E-state index >= 15 is 0 Å². The number of benzene rings is 2. The number of alkyl halides is 3. The summed E-state index contributed by atoms with van der Waals surface area (Å²) in [6, 6.07) is 12.8. The van der Waals surface area contributed by atoms with Gasteiger partial charge in [-0.3, -0.25) is 4.79 Å². The summed E-state index contributed by atoms with van der Waals surface area (Å²) in [6.45, 7) is -0.358. The quantitative estimate of drug-likeness (QED) is 0.586. The van der Waals surface area contributed by atoms with E-state index < -0.39 is 30.6 Å². The van der Waals surface area contributed by atoms with Gasteiger partial charge in [0.25, 0.3) is 5.56 Å². The minimum atomic E-state index is -5.25. The summed E-state index contributed by atoms with van der Waals surface area (Å²) in [6.07, 6.45) is -9.24. The molecule has 0 radical (unpaired) electrons. The molecule has 166 valence electrons. The Kier molecular flexibility index (Phi) is 5.30. The Labute approximate surface area is 177 Å². The van der Waals surface area contributed by atoms with E-state index in [0.29, 0.717) is 22.0 Å². The van der Waals surface area contributed by atoms with E-state index in [0.717, 1.165) is 4.90 Å². The predicted octanol–water partition coefficient (Wildman–Crippen LogP) is 2.31. The molecule has 1 aliphatic rings. The van der Waals surface area contributed by atoms with Gasteiger partial charge in [-0.1, -0.05) is 30.3 Å². The number of carbonyl (C=O) groups excluding carboxylic acids is 2. The first-order valence-corrected chi connectivity index (χ1v) is 9.26. The predicted molar refractivity (Wildman–Crippen MR) is 106 cm³/mol. The molecule has 1 saturated heterocycles. The molecule has 1 fully saturated rings. The van der Waals surface area contributed by atoms with Gasteiger partial charge in [-0.15, -0.1) is 0 Å². The van der Waals surface area contributed by atoms with Crippen molar-refractivity contribution >= 4 is 28.5 Å². The largest absolute Gasteiger partial charge is 0.491 e. The molecule has 1 aliphatic heterocycles. The molecule has 12 heteroatoms. The fourth-order valence-electron chi connectivity index (χ4n) is 3.35. The average molecular weight is 448 g/mol. The Morgan fingerprint density at radius 2 is 1.78 bits per heavy atom. The molecule has 1 amide bonds. The van der Waals surface area contributed by atoms with Crippen LogP contribution in [-0.4, -0.2) is 47.3 Å². The summed E-state index contributed by atoms with van der Waals surface area (Å²) >= 11 is 0.